The number of benzene rings is 1. The lowest BCUT2D eigenvalue weighted by molar-refractivity contribution is -0.753. The van der Waals surface area contributed by atoms with Crippen molar-refractivity contribution in [3.63, 3.8) is 0 Å². The summed E-state index contributed by atoms with van der Waals surface area (Å²) < 4.78 is 21.7. The molecule has 12 nitrogen and oxygen atoms in total. The van der Waals surface area contributed by atoms with Crippen molar-refractivity contribution in [2.45, 2.75) is 98.2 Å². The number of aromatic nitrogens is 6. The predicted octanol–water partition coefficient (Wildman–Crippen LogP) is -5.16. The Hall–Kier alpha value is -3.09. The van der Waals surface area contributed by atoms with Crippen LogP contribution in [0.4, 0.5) is 17.7 Å². The van der Waals surface area contributed by atoms with E-state index in [1.165, 1.54) is 0 Å². The van der Waals surface area contributed by atoms with Crippen LogP contribution in [0.2, 0.25) is 0 Å². The van der Waals surface area contributed by atoms with Gasteiger partial charge in [-0.1, -0.05) is 40.0 Å². The number of aryl methyl sites for hydroxylation is 3. The standard InChI is InChI=1S/C27H42N9O3.3ClH/c1-4-7-10-13-34-22(25(28)37-31-34)19-16-20(23-26(29)38-32-35(23)14-11-8-5-2)18-21(17-19)24-27(30)39-33-36(24)15-12-9-6-3;;;/h16-18H,4-15,28-30H2,1-3H3;3*1H/q+3;;;/p-3. The number of unbranched alkanes of at least 4 members (excludes halogenated alkanes) is 6. The summed E-state index contributed by atoms with van der Waals surface area (Å²) in [6, 6.07) is 6.02. The number of nitrogens with two attached hydrogens (primary N) is 3. The zero-order valence-electron chi connectivity index (χ0n) is 24.5. The summed E-state index contributed by atoms with van der Waals surface area (Å²) >= 11 is 0. The van der Waals surface area contributed by atoms with E-state index in [9.17, 15) is 0 Å². The first-order chi connectivity index (χ1) is 19.0. The molecule has 0 atom stereocenters. The second-order valence-electron chi connectivity index (χ2n) is 9.95. The van der Waals surface area contributed by atoms with E-state index in [1.54, 1.807) is 0 Å². The number of halogens is 3. The average Bonchev–Trinajstić information content (AvgIpc) is 3.60. The lowest BCUT2D eigenvalue weighted by Crippen LogP contribution is -3.00. The van der Waals surface area contributed by atoms with E-state index >= 15 is 0 Å². The molecule has 42 heavy (non-hydrogen) atoms. The van der Waals surface area contributed by atoms with Crippen molar-refractivity contribution in [1.82, 2.24) is 15.8 Å². The molecule has 0 aliphatic carbocycles. The maximum absolute atomic E-state index is 6.33. The molecule has 0 radical (unpaired) electrons. The largest absolute Gasteiger partial charge is 1.00 e. The van der Waals surface area contributed by atoms with Gasteiger partial charge >= 0.3 is 34.7 Å². The minimum atomic E-state index is 0. The summed E-state index contributed by atoms with van der Waals surface area (Å²) in [7, 11) is 0. The van der Waals surface area contributed by atoms with Gasteiger partial charge in [0, 0.05) is 19.3 Å². The Morgan fingerprint density at radius 3 is 1.00 bits per heavy atom. The SMILES string of the molecule is CCCCC[n+]1noc(N)c1-c1cc(-c2c(N)on[n+]2CCCCC)cc(-c2c(N)on[n+]2CCCCC)c1.[Cl-].[Cl-].[Cl-]. The fourth-order valence-electron chi connectivity index (χ4n) is 4.82. The highest BCUT2D eigenvalue weighted by molar-refractivity contribution is 5.81. The summed E-state index contributed by atoms with van der Waals surface area (Å²) in [6.07, 6.45) is 9.39. The molecule has 0 spiro atoms. The fourth-order valence-corrected chi connectivity index (χ4v) is 4.82. The van der Waals surface area contributed by atoms with Crippen LogP contribution in [0, 0.1) is 0 Å². The molecule has 0 unspecified atom stereocenters. The Labute approximate surface area is 265 Å². The number of anilines is 3. The number of hydrogen-bond donors (Lipinski definition) is 3. The molecule has 15 heteroatoms. The van der Waals surface area contributed by atoms with E-state index in [0.717, 1.165) is 74.5 Å². The van der Waals surface area contributed by atoms with Crippen molar-refractivity contribution in [2.24, 2.45) is 0 Å². The van der Waals surface area contributed by atoms with Gasteiger partial charge in [-0.2, -0.15) is 0 Å². The molecule has 4 rings (SSSR count). The monoisotopic (exact) mass is 645 g/mol. The first kappa shape index (κ1) is 36.9. The lowest BCUT2D eigenvalue weighted by atomic mass is 9.99. The summed E-state index contributed by atoms with van der Waals surface area (Å²) in [4.78, 5) is 0. The summed E-state index contributed by atoms with van der Waals surface area (Å²) in [5.41, 5.74) is 23.5. The molecule has 0 fully saturated rings. The highest BCUT2D eigenvalue weighted by atomic mass is 35.5. The number of nitrogen functional groups attached to an aromatic ring is 3. The van der Waals surface area contributed by atoms with Crippen molar-refractivity contribution in [3.05, 3.63) is 18.2 Å². The van der Waals surface area contributed by atoms with Crippen LogP contribution in [-0.2, 0) is 19.6 Å². The molecule has 0 bridgehead atoms. The van der Waals surface area contributed by atoms with Crippen molar-refractivity contribution >= 4 is 17.7 Å². The molecular weight excluding hydrogens is 605 g/mol. The Balaban J connectivity index is 0.00000294. The van der Waals surface area contributed by atoms with Gasteiger partial charge in [0.15, 0.2) is 19.6 Å². The Kier molecular flexibility index (Phi) is 15.6. The van der Waals surface area contributed by atoms with Crippen LogP contribution >= 0.6 is 0 Å². The molecule has 0 saturated heterocycles. The van der Waals surface area contributed by atoms with Gasteiger partial charge in [-0.3, -0.25) is 13.6 Å². The third-order valence-electron chi connectivity index (χ3n) is 6.86. The Morgan fingerprint density at radius 2 is 0.762 bits per heavy atom. The zero-order valence-corrected chi connectivity index (χ0v) is 26.8. The quantitative estimate of drug-likeness (QED) is 0.0845. The molecule has 0 aliphatic rings. The number of nitrogens with zero attached hydrogens (tertiary/aromatic N) is 6. The van der Waals surface area contributed by atoms with Crippen LogP contribution in [0.1, 0.15) is 78.6 Å². The second kappa shape index (κ2) is 17.8. The minimum absolute atomic E-state index is 0. The third-order valence-corrected chi connectivity index (χ3v) is 6.86. The molecule has 1 aromatic carbocycles. The summed E-state index contributed by atoms with van der Waals surface area (Å²) in [5, 5.41) is 12.6. The molecule has 3 heterocycles. The molecule has 0 saturated carbocycles. The number of rotatable bonds is 15. The molecule has 0 aliphatic heterocycles. The number of hydrogen-bond acceptors (Lipinski definition) is 9. The highest BCUT2D eigenvalue weighted by Crippen LogP contribution is 2.35. The topological polar surface area (TPSA) is 168 Å². The van der Waals surface area contributed by atoms with Gasteiger partial charge in [-0.15, -0.1) is 0 Å². The zero-order chi connectivity index (χ0) is 27.8. The molecule has 3 aromatic heterocycles. The van der Waals surface area contributed by atoms with Crippen molar-refractivity contribution < 1.29 is 64.8 Å². The summed E-state index contributed by atoms with van der Waals surface area (Å²) in [6.45, 7) is 8.54. The van der Waals surface area contributed by atoms with Crippen LogP contribution in [0.15, 0.2) is 31.8 Å². The van der Waals surface area contributed by atoms with Gasteiger partial charge in [0.25, 0.3) is 0 Å². The maximum Gasteiger partial charge on any atom is 0.304 e. The van der Waals surface area contributed by atoms with E-state index in [0.29, 0.717) is 36.7 Å². The van der Waals surface area contributed by atoms with Gasteiger partial charge in [-0.25, -0.2) is 0 Å². The van der Waals surface area contributed by atoms with E-state index in [4.69, 9.17) is 30.8 Å². The van der Waals surface area contributed by atoms with Crippen LogP contribution < -0.4 is 68.5 Å². The molecule has 4 aromatic rings. The van der Waals surface area contributed by atoms with Gasteiger partial charge < -0.3 is 54.4 Å². The van der Waals surface area contributed by atoms with E-state index in [-0.39, 0.29) is 54.9 Å². The lowest BCUT2D eigenvalue weighted by Gasteiger charge is -2.04. The molecule has 0 amide bonds. The van der Waals surface area contributed by atoms with Crippen LogP contribution in [0.25, 0.3) is 33.8 Å². The Bertz CT molecular complexity index is 1200. The van der Waals surface area contributed by atoms with Crippen molar-refractivity contribution in [2.75, 3.05) is 17.2 Å². The van der Waals surface area contributed by atoms with Gasteiger partial charge in [-0.05, 0) is 51.5 Å². The van der Waals surface area contributed by atoms with Gasteiger partial charge in [0.05, 0.1) is 16.7 Å². The van der Waals surface area contributed by atoms with Crippen LogP contribution in [0.3, 0.4) is 0 Å². The first-order valence-electron chi connectivity index (χ1n) is 14.1. The highest BCUT2D eigenvalue weighted by Gasteiger charge is 2.33. The average molecular weight is 647 g/mol. The first-order valence-corrected chi connectivity index (χ1v) is 14.1. The van der Waals surface area contributed by atoms with E-state index in [2.05, 4.69) is 36.6 Å². The second-order valence-corrected chi connectivity index (χ2v) is 9.95. The van der Waals surface area contributed by atoms with Crippen molar-refractivity contribution in [1.29, 1.82) is 0 Å². The van der Waals surface area contributed by atoms with E-state index in [1.807, 2.05) is 32.2 Å². The Morgan fingerprint density at radius 1 is 0.500 bits per heavy atom. The predicted molar refractivity (Wildman–Crippen MR) is 145 cm³/mol. The van der Waals surface area contributed by atoms with Gasteiger partial charge in [0.1, 0.15) is 0 Å². The normalized spacial score (nSPS) is 10.6. The van der Waals surface area contributed by atoms with Crippen molar-refractivity contribution in [3.8, 4) is 33.8 Å². The van der Waals surface area contributed by atoms with Gasteiger partial charge in [0.2, 0.25) is 15.8 Å². The minimum Gasteiger partial charge on any atom is -1.00 e. The molecule has 6 N–H and O–H groups in total. The fraction of sp³-hybridized carbons (Fsp3) is 0.556. The summed E-state index contributed by atoms with van der Waals surface area (Å²) in [5.74, 6) is 0.702. The molecule has 234 valence electrons. The van der Waals surface area contributed by atoms with Crippen LogP contribution in [0.5, 0.6) is 0 Å². The van der Waals surface area contributed by atoms with Crippen LogP contribution in [-0.4, -0.2) is 15.8 Å². The molecular formula is C27H42Cl3N9O3. The third kappa shape index (κ3) is 8.48. The maximum atomic E-state index is 6.33. The van der Waals surface area contributed by atoms with E-state index < -0.39 is 0 Å². The smallest absolute Gasteiger partial charge is 0.304 e.